The number of carbonyl (C=O) groups is 1. The fraction of sp³-hybridized carbons (Fsp3) is 0. The van der Waals surface area contributed by atoms with Gasteiger partial charge in [-0.1, -0.05) is 29.3 Å². The predicted octanol–water partition coefficient (Wildman–Crippen LogP) is 4.02. The van der Waals surface area contributed by atoms with E-state index in [1.807, 2.05) is 0 Å². The second-order valence-corrected chi connectivity index (χ2v) is 5.00. The Balaban J connectivity index is 2.14. The number of halogens is 3. The number of hydrogen-bond donors (Lipinski definition) is 1. The van der Waals surface area contributed by atoms with Crippen LogP contribution in [0.3, 0.4) is 0 Å². The Morgan fingerprint density at radius 1 is 1.25 bits per heavy atom. The molecular formula is C14H7Cl2FN2O. The molecule has 3 rings (SSSR count). The maximum atomic E-state index is 13.8. The maximum Gasteiger partial charge on any atom is 0.256 e. The number of nitrogens with zero attached hydrogens (tertiary/aromatic N) is 1. The van der Waals surface area contributed by atoms with Crippen molar-refractivity contribution < 1.29 is 9.18 Å². The molecule has 0 unspecified atom stereocenters. The molecule has 1 N–H and O–H groups in total. The van der Waals surface area contributed by atoms with Gasteiger partial charge in [0.2, 0.25) is 0 Å². The minimum absolute atomic E-state index is 0.206. The van der Waals surface area contributed by atoms with Gasteiger partial charge in [-0.2, -0.15) is 0 Å². The molecule has 0 saturated carbocycles. The third kappa shape index (κ3) is 2.17. The van der Waals surface area contributed by atoms with E-state index in [1.54, 1.807) is 18.2 Å². The highest BCUT2D eigenvalue weighted by atomic mass is 35.5. The average Bonchev–Trinajstić information content (AvgIpc) is 2.70. The van der Waals surface area contributed by atoms with Crippen molar-refractivity contribution >= 4 is 46.4 Å². The molecule has 1 aromatic carbocycles. The van der Waals surface area contributed by atoms with E-state index in [-0.39, 0.29) is 16.6 Å². The quantitative estimate of drug-likeness (QED) is 0.638. The summed E-state index contributed by atoms with van der Waals surface area (Å²) < 4.78 is 13.8. The van der Waals surface area contributed by atoms with Crippen LogP contribution >= 0.6 is 23.2 Å². The summed E-state index contributed by atoms with van der Waals surface area (Å²) >= 11 is 11.5. The molecule has 0 aliphatic carbocycles. The summed E-state index contributed by atoms with van der Waals surface area (Å²) in [5, 5.41) is 2.97. The molecule has 1 aromatic heterocycles. The van der Waals surface area contributed by atoms with Crippen LogP contribution in [0.2, 0.25) is 10.2 Å². The van der Waals surface area contributed by atoms with Gasteiger partial charge in [0.05, 0.1) is 5.69 Å². The Morgan fingerprint density at radius 3 is 2.85 bits per heavy atom. The predicted molar refractivity (Wildman–Crippen MR) is 77.2 cm³/mol. The highest BCUT2D eigenvalue weighted by molar-refractivity contribution is 6.36. The summed E-state index contributed by atoms with van der Waals surface area (Å²) in [6.45, 7) is 0. The second kappa shape index (κ2) is 4.89. The van der Waals surface area contributed by atoms with Crippen molar-refractivity contribution in [2.24, 2.45) is 0 Å². The molecule has 0 saturated heterocycles. The second-order valence-electron chi connectivity index (χ2n) is 4.21. The first-order valence-electron chi connectivity index (χ1n) is 5.69. The Labute approximate surface area is 124 Å². The van der Waals surface area contributed by atoms with E-state index in [0.717, 1.165) is 0 Å². The number of nitrogens with one attached hydrogen (secondary N) is 1. The molecule has 6 heteroatoms. The molecule has 0 spiro atoms. The van der Waals surface area contributed by atoms with Gasteiger partial charge in [0.1, 0.15) is 0 Å². The Kier molecular flexibility index (Phi) is 3.20. The van der Waals surface area contributed by atoms with Crippen LogP contribution in [0.15, 0.2) is 30.5 Å². The summed E-state index contributed by atoms with van der Waals surface area (Å²) in [6.07, 6.45) is 2.82. The summed E-state index contributed by atoms with van der Waals surface area (Å²) in [5.74, 6) is -0.966. The molecule has 1 aliphatic rings. The van der Waals surface area contributed by atoms with Crippen molar-refractivity contribution in [3.8, 4) is 0 Å². The van der Waals surface area contributed by atoms with Gasteiger partial charge >= 0.3 is 0 Å². The maximum absolute atomic E-state index is 13.8. The number of rotatable bonds is 1. The van der Waals surface area contributed by atoms with Crippen molar-refractivity contribution in [1.29, 1.82) is 0 Å². The normalized spacial score (nSPS) is 15.3. The molecule has 3 nitrogen and oxygen atoms in total. The van der Waals surface area contributed by atoms with Gasteiger partial charge in [-0.05, 0) is 24.3 Å². The van der Waals surface area contributed by atoms with E-state index in [1.165, 1.54) is 18.3 Å². The number of pyridine rings is 1. The van der Waals surface area contributed by atoms with Crippen LogP contribution in [0.4, 0.5) is 10.1 Å². The molecule has 2 heterocycles. The topological polar surface area (TPSA) is 42.0 Å². The van der Waals surface area contributed by atoms with Gasteiger partial charge in [-0.3, -0.25) is 4.79 Å². The largest absolute Gasteiger partial charge is 0.321 e. The van der Waals surface area contributed by atoms with Gasteiger partial charge in [0.25, 0.3) is 5.91 Å². The van der Waals surface area contributed by atoms with Crippen LogP contribution in [0.25, 0.3) is 11.6 Å². The van der Waals surface area contributed by atoms with Crippen molar-refractivity contribution in [3.05, 3.63) is 57.6 Å². The molecule has 20 heavy (non-hydrogen) atoms. The lowest BCUT2D eigenvalue weighted by molar-refractivity contribution is -0.110. The lowest BCUT2D eigenvalue weighted by Crippen LogP contribution is -2.03. The third-order valence-corrected chi connectivity index (χ3v) is 3.44. The Bertz CT molecular complexity index is 759. The SMILES string of the molecule is O=C1Nc2cc(Cl)ccc2C1=Cc1ccnc(Cl)c1F. The van der Waals surface area contributed by atoms with Crippen LogP contribution in [-0.4, -0.2) is 10.9 Å². The molecule has 1 aliphatic heterocycles. The molecule has 2 aromatic rings. The van der Waals surface area contributed by atoms with Gasteiger partial charge in [-0.15, -0.1) is 0 Å². The van der Waals surface area contributed by atoms with Crippen LogP contribution in [0.1, 0.15) is 11.1 Å². The van der Waals surface area contributed by atoms with Crippen LogP contribution < -0.4 is 5.32 Å². The van der Waals surface area contributed by atoms with Crippen molar-refractivity contribution in [2.75, 3.05) is 5.32 Å². The van der Waals surface area contributed by atoms with Crippen molar-refractivity contribution in [2.45, 2.75) is 0 Å². The van der Waals surface area contributed by atoms with E-state index in [0.29, 0.717) is 21.8 Å². The number of aromatic nitrogens is 1. The summed E-state index contributed by atoms with van der Waals surface area (Å²) in [7, 11) is 0. The van der Waals surface area contributed by atoms with E-state index < -0.39 is 5.82 Å². The van der Waals surface area contributed by atoms with Crippen LogP contribution in [-0.2, 0) is 4.79 Å². The average molecular weight is 309 g/mol. The first kappa shape index (κ1) is 13.1. The third-order valence-electron chi connectivity index (χ3n) is 2.94. The van der Waals surface area contributed by atoms with Gasteiger partial charge in [-0.25, -0.2) is 9.37 Å². The molecule has 0 atom stereocenters. The van der Waals surface area contributed by atoms with Crippen molar-refractivity contribution in [1.82, 2.24) is 4.98 Å². The summed E-state index contributed by atoms with van der Waals surface area (Å²) in [4.78, 5) is 15.6. The van der Waals surface area contributed by atoms with Gasteiger partial charge < -0.3 is 5.32 Å². The molecular weight excluding hydrogens is 302 g/mol. The number of anilines is 1. The number of amides is 1. The first-order valence-corrected chi connectivity index (χ1v) is 6.45. The fourth-order valence-corrected chi connectivity index (χ4v) is 2.35. The zero-order valence-electron chi connectivity index (χ0n) is 9.95. The molecule has 0 bridgehead atoms. The van der Waals surface area contributed by atoms with E-state index in [9.17, 15) is 9.18 Å². The fourth-order valence-electron chi connectivity index (χ4n) is 2.01. The number of hydrogen-bond acceptors (Lipinski definition) is 2. The summed E-state index contributed by atoms with van der Waals surface area (Å²) in [6, 6.07) is 6.48. The smallest absolute Gasteiger partial charge is 0.256 e. The molecule has 0 fully saturated rings. The zero-order valence-corrected chi connectivity index (χ0v) is 11.5. The molecule has 1 amide bonds. The lowest BCUT2D eigenvalue weighted by atomic mass is 10.0. The Hall–Kier alpha value is -1.91. The van der Waals surface area contributed by atoms with E-state index >= 15 is 0 Å². The van der Waals surface area contributed by atoms with Gasteiger partial charge in [0.15, 0.2) is 11.0 Å². The summed E-state index contributed by atoms with van der Waals surface area (Å²) in [5.41, 5.74) is 1.84. The minimum Gasteiger partial charge on any atom is -0.321 e. The highest BCUT2D eigenvalue weighted by Gasteiger charge is 2.24. The van der Waals surface area contributed by atoms with Crippen LogP contribution in [0, 0.1) is 5.82 Å². The first-order chi connectivity index (χ1) is 9.56. The Morgan fingerprint density at radius 2 is 2.05 bits per heavy atom. The van der Waals surface area contributed by atoms with Gasteiger partial charge in [0, 0.05) is 27.9 Å². The highest BCUT2D eigenvalue weighted by Crippen LogP contribution is 2.35. The number of carbonyl (C=O) groups excluding carboxylic acids is 1. The molecule has 0 radical (unpaired) electrons. The van der Waals surface area contributed by atoms with Crippen LogP contribution in [0.5, 0.6) is 0 Å². The zero-order chi connectivity index (χ0) is 14.3. The monoisotopic (exact) mass is 308 g/mol. The lowest BCUT2D eigenvalue weighted by Gasteiger charge is -2.01. The number of fused-ring (bicyclic) bond motifs is 1. The van der Waals surface area contributed by atoms with E-state index in [4.69, 9.17) is 23.2 Å². The van der Waals surface area contributed by atoms with Crippen molar-refractivity contribution in [3.63, 3.8) is 0 Å². The minimum atomic E-state index is -0.656. The molecule has 100 valence electrons. The standard InChI is InChI=1S/C14H7Cl2FN2O/c15-8-1-2-9-10(14(20)19-11(9)6-8)5-7-3-4-18-13(16)12(7)17/h1-6H,(H,19,20). The van der Waals surface area contributed by atoms with E-state index in [2.05, 4.69) is 10.3 Å². The number of benzene rings is 1.